The van der Waals surface area contributed by atoms with Crippen LogP contribution in [-0.2, 0) is 6.42 Å². The molecule has 1 amide bonds. The molecule has 0 bridgehead atoms. The van der Waals surface area contributed by atoms with Crippen molar-refractivity contribution in [2.24, 2.45) is 5.73 Å². The van der Waals surface area contributed by atoms with Crippen molar-refractivity contribution < 1.29 is 9.18 Å². The summed E-state index contributed by atoms with van der Waals surface area (Å²) >= 11 is 0. The molecule has 1 aliphatic carbocycles. The Morgan fingerprint density at radius 2 is 2.05 bits per heavy atom. The predicted molar refractivity (Wildman–Crippen MR) is 86.4 cm³/mol. The first-order valence-electron chi connectivity index (χ1n) is 7.78. The molecule has 22 heavy (non-hydrogen) atoms. The lowest BCUT2D eigenvalue weighted by Gasteiger charge is -2.26. The van der Waals surface area contributed by atoms with Crippen LogP contribution in [0.3, 0.4) is 0 Å². The third-order valence-electron chi connectivity index (χ3n) is 4.80. The number of hydrogen-bond donors (Lipinski definition) is 3. The Balaban J connectivity index is 2.06. The van der Waals surface area contributed by atoms with Crippen molar-refractivity contribution in [3.05, 3.63) is 34.1 Å². The number of fused-ring (bicyclic) bond motifs is 1. The largest absolute Gasteiger partial charge is 0.379 e. The van der Waals surface area contributed by atoms with E-state index in [9.17, 15) is 9.18 Å². The van der Waals surface area contributed by atoms with Gasteiger partial charge in [-0.3, -0.25) is 4.79 Å². The fourth-order valence-electron chi connectivity index (χ4n) is 3.43. The number of carbonyl (C=O) groups excluding carboxylic acids is 1. The van der Waals surface area contributed by atoms with Crippen molar-refractivity contribution >= 4 is 17.2 Å². The molecule has 0 aromatic heterocycles. The minimum absolute atomic E-state index is 0.257. The van der Waals surface area contributed by atoms with E-state index in [4.69, 9.17) is 5.73 Å². The second-order valence-electron chi connectivity index (χ2n) is 6.25. The highest BCUT2D eigenvalue weighted by atomic mass is 19.1. The highest BCUT2D eigenvalue weighted by molar-refractivity contribution is 5.99. The number of halogens is 1. The lowest BCUT2D eigenvalue weighted by atomic mass is 9.96. The van der Waals surface area contributed by atoms with Crippen molar-refractivity contribution in [2.75, 3.05) is 18.4 Å². The van der Waals surface area contributed by atoms with E-state index < -0.39 is 5.91 Å². The van der Waals surface area contributed by atoms with Gasteiger partial charge in [0.25, 0.3) is 0 Å². The van der Waals surface area contributed by atoms with E-state index in [2.05, 4.69) is 10.6 Å². The van der Waals surface area contributed by atoms with E-state index in [0.717, 1.165) is 48.2 Å². The molecule has 1 fully saturated rings. The molecule has 0 radical (unpaired) electrons. The Morgan fingerprint density at radius 3 is 2.68 bits per heavy atom. The molecule has 3 rings (SSSR count). The summed E-state index contributed by atoms with van der Waals surface area (Å²) in [6.07, 6.45) is 2.60. The van der Waals surface area contributed by atoms with Gasteiger partial charge in [0, 0.05) is 17.2 Å². The zero-order chi connectivity index (χ0) is 15.9. The first-order chi connectivity index (χ1) is 10.5. The van der Waals surface area contributed by atoms with Gasteiger partial charge < -0.3 is 16.4 Å². The highest BCUT2D eigenvalue weighted by Gasteiger charge is 2.28. The van der Waals surface area contributed by atoms with Gasteiger partial charge in [0.2, 0.25) is 5.91 Å². The van der Waals surface area contributed by atoms with Crippen molar-refractivity contribution in [3.63, 3.8) is 0 Å². The van der Waals surface area contributed by atoms with E-state index in [1.165, 1.54) is 6.07 Å². The van der Waals surface area contributed by atoms with Gasteiger partial charge in [-0.25, -0.2) is 4.39 Å². The van der Waals surface area contributed by atoms with Gasteiger partial charge in [0.1, 0.15) is 5.82 Å². The van der Waals surface area contributed by atoms with Crippen molar-refractivity contribution in [1.29, 1.82) is 0 Å². The van der Waals surface area contributed by atoms with Crippen LogP contribution < -0.4 is 16.4 Å². The molecule has 4 nitrogen and oxygen atoms in total. The monoisotopic (exact) mass is 303 g/mol. The fraction of sp³-hybridized carbons (Fsp3) is 0.471. The zero-order valence-electron chi connectivity index (χ0n) is 13.1. The van der Waals surface area contributed by atoms with Crippen LogP contribution in [0.2, 0.25) is 0 Å². The first kappa shape index (κ1) is 15.0. The van der Waals surface area contributed by atoms with Crippen molar-refractivity contribution in [2.45, 2.75) is 39.2 Å². The summed E-state index contributed by atoms with van der Waals surface area (Å²) < 4.78 is 14.6. The summed E-state index contributed by atoms with van der Waals surface area (Å²) in [6, 6.07) is 1.55. The molecule has 0 atom stereocenters. The zero-order valence-corrected chi connectivity index (χ0v) is 13.1. The van der Waals surface area contributed by atoms with Gasteiger partial charge in [0.05, 0.1) is 5.69 Å². The molecule has 0 spiro atoms. The molecule has 5 heteroatoms. The number of piperidine rings is 1. The second-order valence-corrected chi connectivity index (χ2v) is 6.25. The number of allylic oxidation sites excluding steroid dienone is 2. The summed E-state index contributed by atoms with van der Waals surface area (Å²) in [6.45, 7) is 5.88. The average molecular weight is 303 g/mol. The van der Waals surface area contributed by atoms with Gasteiger partial charge >= 0.3 is 0 Å². The molecule has 1 aromatic rings. The Hall–Kier alpha value is -1.88. The number of hydrogen-bond acceptors (Lipinski definition) is 3. The SMILES string of the molecule is CC1=C(C)c2c(c(C(N)=O)cc(F)c2NC2CCNCC2)C1. The van der Waals surface area contributed by atoms with Crippen molar-refractivity contribution in [3.8, 4) is 0 Å². The van der Waals surface area contributed by atoms with E-state index in [-0.39, 0.29) is 11.9 Å². The summed E-state index contributed by atoms with van der Waals surface area (Å²) in [4.78, 5) is 11.6. The van der Waals surface area contributed by atoms with Crippen LogP contribution in [0.15, 0.2) is 11.6 Å². The normalized spacial score (nSPS) is 18.5. The van der Waals surface area contributed by atoms with Crippen LogP contribution in [0.4, 0.5) is 10.1 Å². The summed E-state index contributed by atoms with van der Waals surface area (Å²) in [5.74, 6) is -0.953. The van der Waals surface area contributed by atoms with E-state index in [0.29, 0.717) is 17.7 Å². The minimum Gasteiger partial charge on any atom is -0.379 e. The molecule has 1 saturated heterocycles. The molecule has 1 aliphatic heterocycles. The molecular formula is C17H22FN3O. The quantitative estimate of drug-likeness (QED) is 0.803. The maximum absolute atomic E-state index is 14.6. The fourth-order valence-corrected chi connectivity index (χ4v) is 3.43. The number of benzene rings is 1. The van der Waals surface area contributed by atoms with Gasteiger partial charge in [0.15, 0.2) is 0 Å². The Bertz CT molecular complexity index is 660. The second kappa shape index (κ2) is 5.72. The van der Waals surface area contributed by atoms with Crippen molar-refractivity contribution in [1.82, 2.24) is 5.32 Å². The third-order valence-corrected chi connectivity index (χ3v) is 4.80. The minimum atomic E-state index is -0.564. The Morgan fingerprint density at radius 1 is 1.36 bits per heavy atom. The maximum atomic E-state index is 14.6. The van der Waals surface area contributed by atoms with Gasteiger partial charge in [-0.15, -0.1) is 0 Å². The van der Waals surface area contributed by atoms with Crippen LogP contribution in [0.5, 0.6) is 0 Å². The molecule has 118 valence electrons. The van der Waals surface area contributed by atoms with E-state index in [1.807, 2.05) is 13.8 Å². The standard InChI is InChI=1S/C17H22FN3O/c1-9-7-12-13(17(19)22)8-14(18)16(15(12)10(9)2)21-11-3-5-20-6-4-11/h8,11,20-21H,3-7H2,1-2H3,(H2,19,22). The number of amides is 1. The molecule has 4 N–H and O–H groups in total. The molecule has 0 saturated carbocycles. The Kier molecular flexibility index (Phi) is 3.91. The highest BCUT2D eigenvalue weighted by Crippen LogP contribution is 2.41. The first-order valence-corrected chi connectivity index (χ1v) is 7.78. The van der Waals surface area contributed by atoms with Crippen LogP contribution >= 0.6 is 0 Å². The Labute approximate surface area is 130 Å². The van der Waals surface area contributed by atoms with Crippen LogP contribution in [-0.4, -0.2) is 25.0 Å². The van der Waals surface area contributed by atoms with Crippen LogP contribution in [0, 0.1) is 5.82 Å². The molecular weight excluding hydrogens is 281 g/mol. The molecule has 2 aliphatic rings. The van der Waals surface area contributed by atoms with Gasteiger partial charge in [-0.2, -0.15) is 0 Å². The maximum Gasteiger partial charge on any atom is 0.249 e. The number of carbonyl (C=O) groups is 1. The predicted octanol–water partition coefficient (Wildman–Crippen LogP) is 2.44. The number of nitrogens with one attached hydrogen (secondary N) is 2. The summed E-state index contributed by atoms with van der Waals surface area (Å²) in [5, 5.41) is 6.67. The summed E-state index contributed by atoms with van der Waals surface area (Å²) in [7, 11) is 0. The molecule has 0 unspecified atom stereocenters. The van der Waals surface area contributed by atoms with Gasteiger partial charge in [-0.1, -0.05) is 5.57 Å². The number of nitrogens with two attached hydrogens (primary N) is 1. The smallest absolute Gasteiger partial charge is 0.249 e. The molecule has 1 heterocycles. The number of primary amides is 1. The average Bonchev–Trinajstić information content (AvgIpc) is 2.78. The van der Waals surface area contributed by atoms with E-state index in [1.54, 1.807) is 0 Å². The van der Waals surface area contributed by atoms with Crippen LogP contribution in [0.1, 0.15) is 48.2 Å². The third kappa shape index (κ3) is 2.50. The van der Waals surface area contributed by atoms with E-state index >= 15 is 0 Å². The summed E-state index contributed by atoms with van der Waals surface area (Å²) in [5.41, 5.74) is 10.2. The number of rotatable bonds is 3. The van der Waals surface area contributed by atoms with Crippen LogP contribution in [0.25, 0.3) is 5.57 Å². The lowest BCUT2D eigenvalue weighted by Crippen LogP contribution is -2.35. The number of anilines is 1. The van der Waals surface area contributed by atoms with Gasteiger partial charge in [-0.05, 0) is 63.4 Å². The molecule has 1 aromatic carbocycles. The lowest BCUT2D eigenvalue weighted by molar-refractivity contribution is 0.0999. The topological polar surface area (TPSA) is 67.2 Å².